The lowest BCUT2D eigenvalue weighted by Crippen LogP contribution is -2.03. The zero-order chi connectivity index (χ0) is 14.4. The predicted molar refractivity (Wildman–Crippen MR) is 73.1 cm³/mol. The van der Waals surface area contributed by atoms with Gasteiger partial charge in [-0.2, -0.15) is 10.4 Å². The van der Waals surface area contributed by atoms with E-state index < -0.39 is 4.92 Å². The van der Waals surface area contributed by atoms with Gasteiger partial charge in [0.25, 0.3) is 5.69 Å². The van der Waals surface area contributed by atoms with Gasteiger partial charge >= 0.3 is 0 Å². The maximum atomic E-state index is 10.5. The van der Waals surface area contributed by atoms with Crippen molar-refractivity contribution >= 4 is 17.1 Å². The van der Waals surface area contributed by atoms with Crippen LogP contribution in [0.3, 0.4) is 0 Å². The Morgan fingerprint density at radius 1 is 1.30 bits per heavy atom. The average molecular weight is 267 g/mol. The highest BCUT2D eigenvalue weighted by Gasteiger charge is 2.05. The standard InChI is InChI=1S/C13H9N5O2/c14-9-13(12-3-1-2-8-15-12)17-16-10-4-6-11(7-5-10)18(19)20/h1-8,16H/b17-13+. The molecule has 0 aliphatic carbocycles. The number of aromatic nitrogens is 1. The molecule has 0 aliphatic rings. The number of nitrogens with zero attached hydrogens (tertiary/aromatic N) is 4. The molecule has 0 amide bonds. The van der Waals surface area contributed by atoms with Crippen LogP contribution in [-0.4, -0.2) is 15.6 Å². The topological polar surface area (TPSA) is 104 Å². The number of nitriles is 1. The van der Waals surface area contributed by atoms with E-state index in [-0.39, 0.29) is 11.4 Å². The first-order valence-electron chi connectivity index (χ1n) is 5.60. The highest BCUT2D eigenvalue weighted by atomic mass is 16.6. The minimum atomic E-state index is -0.484. The Labute approximate surface area is 114 Å². The van der Waals surface area contributed by atoms with Crippen molar-refractivity contribution in [2.24, 2.45) is 5.10 Å². The van der Waals surface area contributed by atoms with Gasteiger partial charge in [0.2, 0.25) is 0 Å². The SMILES string of the molecule is N#C/C(=N\Nc1ccc([N+](=O)[O-])cc1)c1ccccn1. The molecule has 0 unspecified atom stereocenters. The summed E-state index contributed by atoms with van der Waals surface area (Å²) in [5.41, 5.74) is 3.77. The van der Waals surface area contributed by atoms with E-state index in [0.717, 1.165) is 0 Å². The van der Waals surface area contributed by atoms with Gasteiger partial charge in [0.05, 0.1) is 10.6 Å². The van der Waals surface area contributed by atoms with Gasteiger partial charge in [-0.1, -0.05) is 6.07 Å². The van der Waals surface area contributed by atoms with Crippen LogP contribution in [0.25, 0.3) is 0 Å². The van der Waals surface area contributed by atoms with Gasteiger partial charge in [0.15, 0.2) is 5.71 Å². The van der Waals surface area contributed by atoms with Gasteiger partial charge < -0.3 is 0 Å². The highest BCUT2D eigenvalue weighted by molar-refractivity contribution is 6.10. The van der Waals surface area contributed by atoms with Gasteiger partial charge in [-0.3, -0.25) is 20.5 Å². The minimum absolute atomic E-state index is 0.00948. The van der Waals surface area contributed by atoms with Crippen molar-refractivity contribution in [2.45, 2.75) is 0 Å². The van der Waals surface area contributed by atoms with E-state index in [1.165, 1.54) is 24.3 Å². The number of non-ortho nitro benzene ring substituents is 1. The van der Waals surface area contributed by atoms with Crippen LogP contribution in [0.1, 0.15) is 5.69 Å². The van der Waals surface area contributed by atoms with Gasteiger partial charge in [-0.05, 0) is 24.3 Å². The normalized spacial score (nSPS) is 10.7. The van der Waals surface area contributed by atoms with E-state index in [1.807, 2.05) is 6.07 Å². The summed E-state index contributed by atoms with van der Waals surface area (Å²) in [6, 6.07) is 12.8. The van der Waals surface area contributed by atoms with Gasteiger partial charge in [0.1, 0.15) is 11.8 Å². The van der Waals surface area contributed by atoms with Crippen LogP contribution < -0.4 is 5.43 Å². The number of hydrogen-bond acceptors (Lipinski definition) is 6. The van der Waals surface area contributed by atoms with Gasteiger partial charge in [-0.25, -0.2) is 0 Å². The Kier molecular flexibility index (Phi) is 3.99. The second-order valence-corrected chi connectivity index (χ2v) is 3.70. The Morgan fingerprint density at radius 3 is 2.60 bits per heavy atom. The summed E-state index contributed by atoms with van der Waals surface area (Å²) in [6.07, 6.45) is 1.56. The van der Waals surface area contributed by atoms with Gasteiger partial charge in [-0.15, -0.1) is 0 Å². The van der Waals surface area contributed by atoms with Crippen molar-refractivity contribution in [3.05, 3.63) is 64.5 Å². The molecule has 1 aromatic carbocycles. The van der Waals surface area contributed by atoms with Crippen LogP contribution in [0.2, 0.25) is 0 Å². The molecule has 20 heavy (non-hydrogen) atoms. The van der Waals surface area contributed by atoms with Gasteiger partial charge in [0, 0.05) is 18.3 Å². The van der Waals surface area contributed by atoms with Crippen molar-refractivity contribution in [3.63, 3.8) is 0 Å². The molecule has 2 aromatic rings. The molecule has 0 aliphatic heterocycles. The fourth-order valence-electron chi connectivity index (χ4n) is 1.42. The first-order valence-corrected chi connectivity index (χ1v) is 5.60. The molecule has 98 valence electrons. The second kappa shape index (κ2) is 6.06. The number of pyridine rings is 1. The maximum absolute atomic E-state index is 10.5. The molecule has 2 rings (SSSR count). The molecule has 0 radical (unpaired) electrons. The number of anilines is 1. The van der Waals surface area contributed by atoms with E-state index in [9.17, 15) is 10.1 Å². The monoisotopic (exact) mass is 267 g/mol. The molecule has 1 aromatic heterocycles. The summed E-state index contributed by atoms with van der Waals surface area (Å²) in [5.74, 6) is 0. The van der Waals surface area contributed by atoms with E-state index in [4.69, 9.17) is 5.26 Å². The third-order valence-electron chi connectivity index (χ3n) is 2.39. The molecule has 1 N–H and O–H groups in total. The van der Waals surface area contributed by atoms with E-state index in [1.54, 1.807) is 24.4 Å². The summed E-state index contributed by atoms with van der Waals surface area (Å²) in [7, 11) is 0. The molecule has 0 bridgehead atoms. The van der Waals surface area contributed by atoms with Crippen molar-refractivity contribution in [3.8, 4) is 6.07 Å². The first-order chi connectivity index (χ1) is 9.70. The fourth-order valence-corrected chi connectivity index (χ4v) is 1.42. The first kappa shape index (κ1) is 13.2. The highest BCUT2D eigenvalue weighted by Crippen LogP contribution is 2.15. The molecule has 0 spiro atoms. The van der Waals surface area contributed by atoms with Crippen LogP contribution in [-0.2, 0) is 0 Å². The van der Waals surface area contributed by atoms with Crippen LogP contribution >= 0.6 is 0 Å². The number of hydrogen-bond donors (Lipinski definition) is 1. The Hall–Kier alpha value is -3.27. The number of rotatable bonds is 4. The lowest BCUT2D eigenvalue weighted by molar-refractivity contribution is -0.384. The molecule has 7 nitrogen and oxygen atoms in total. The van der Waals surface area contributed by atoms with Crippen LogP contribution in [0.4, 0.5) is 11.4 Å². The molecule has 0 atom stereocenters. The molecule has 0 fully saturated rings. The molecular weight excluding hydrogens is 258 g/mol. The minimum Gasteiger partial charge on any atom is -0.277 e. The zero-order valence-corrected chi connectivity index (χ0v) is 10.2. The Morgan fingerprint density at radius 2 is 2.05 bits per heavy atom. The van der Waals surface area contributed by atoms with E-state index in [0.29, 0.717) is 11.4 Å². The van der Waals surface area contributed by atoms with Crippen molar-refractivity contribution in [1.29, 1.82) is 5.26 Å². The lowest BCUT2D eigenvalue weighted by atomic mass is 10.2. The lowest BCUT2D eigenvalue weighted by Gasteiger charge is -2.01. The third-order valence-corrected chi connectivity index (χ3v) is 2.39. The number of nitro groups is 1. The second-order valence-electron chi connectivity index (χ2n) is 3.70. The summed E-state index contributed by atoms with van der Waals surface area (Å²) in [5, 5.41) is 23.5. The average Bonchev–Trinajstić information content (AvgIpc) is 2.49. The smallest absolute Gasteiger partial charge is 0.269 e. The van der Waals surface area contributed by atoms with Crippen molar-refractivity contribution < 1.29 is 4.92 Å². The molecule has 0 saturated heterocycles. The quantitative estimate of drug-likeness (QED) is 0.520. The van der Waals surface area contributed by atoms with Crippen LogP contribution in [0.15, 0.2) is 53.8 Å². The zero-order valence-electron chi connectivity index (χ0n) is 10.2. The fraction of sp³-hybridized carbons (Fsp3) is 0. The summed E-state index contributed by atoms with van der Waals surface area (Å²) in [4.78, 5) is 14.0. The molecule has 0 saturated carbocycles. The summed E-state index contributed by atoms with van der Waals surface area (Å²) < 4.78 is 0. The Bertz CT molecular complexity index is 674. The number of benzene rings is 1. The summed E-state index contributed by atoms with van der Waals surface area (Å²) in [6.45, 7) is 0. The van der Waals surface area contributed by atoms with E-state index >= 15 is 0 Å². The number of nitro benzene ring substituents is 1. The number of hydrazone groups is 1. The van der Waals surface area contributed by atoms with Crippen LogP contribution in [0.5, 0.6) is 0 Å². The van der Waals surface area contributed by atoms with Crippen LogP contribution in [0, 0.1) is 21.4 Å². The largest absolute Gasteiger partial charge is 0.277 e. The molecular formula is C13H9N5O2. The van der Waals surface area contributed by atoms with Crippen molar-refractivity contribution in [1.82, 2.24) is 4.98 Å². The predicted octanol–water partition coefficient (Wildman–Crippen LogP) is 2.33. The maximum Gasteiger partial charge on any atom is 0.269 e. The third kappa shape index (κ3) is 3.14. The molecule has 1 heterocycles. The van der Waals surface area contributed by atoms with E-state index in [2.05, 4.69) is 15.5 Å². The summed E-state index contributed by atoms with van der Waals surface area (Å²) >= 11 is 0. The number of nitrogens with one attached hydrogen (secondary N) is 1. The molecule has 7 heteroatoms. The van der Waals surface area contributed by atoms with Crippen molar-refractivity contribution in [2.75, 3.05) is 5.43 Å². The Balaban J connectivity index is 2.15.